The van der Waals surface area contributed by atoms with E-state index >= 15 is 0 Å². The standard InChI is InChI=1S/C40H26/c1-2-14-29-26-30(25-24-27(29)12-1)39-35-19-7-9-21-37(35)40(38-22-10-8-20-36(38)39)34-18-6-5-17-33(34)32-23-11-15-28-13-3-4-16-31(28)32/h1-26H/i1D,2D,5D,6D,7D,8D,9D,10D,12D,14D,17D,18D,19D,20D,21D,22D,24D,25D,26D. The molecule has 0 heteroatoms. The summed E-state index contributed by atoms with van der Waals surface area (Å²) in [5.41, 5.74) is -1.84. The molecule has 0 bridgehead atoms. The molecule has 0 aliphatic carbocycles. The minimum atomic E-state index is -0.847. The maximum atomic E-state index is 9.43. The van der Waals surface area contributed by atoms with Gasteiger partial charge in [-0.05, 0) is 82.5 Å². The zero-order valence-corrected chi connectivity index (χ0v) is 20.5. The van der Waals surface area contributed by atoms with E-state index in [1.165, 1.54) is 0 Å². The van der Waals surface area contributed by atoms with Gasteiger partial charge in [0.05, 0.1) is 26.0 Å². The molecule has 0 saturated carbocycles. The lowest BCUT2D eigenvalue weighted by Gasteiger charge is -2.20. The molecule has 0 heterocycles. The molecule has 0 saturated heterocycles. The van der Waals surface area contributed by atoms with Gasteiger partial charge in [-0.25, -0.2) is 0 Å². The highest BCUT2D eigenvalue weighted by Crippen LogP contribution is 2.46. The van der Waals surface area contributed by atoms with Crippen LogP contribution in [0.1, 0.15) is 26.0 Å². The topological polar surface area (TPSA) is 0 Å². The van der Waals surface area contributed by atoms with Crippen molar-refractivity contribution in [3.8, 4) is 33.4 Å². The van der Waals surface area contributed by atoms with Crippen LogP contribution >= 0.6 is 0 Å². The maximum absolute atomic E-state index is 9.43. The first-order valence-corrected chi connectivity index (χ1v) is 12.3. The van der Waals surface area contributed by atoms with Crippen molar-refractivity contribution in [2.75, 3.05) is 0 Å². The molecule has 40 heavy (non-hydrogen) atoms. The highest BCUT2D eigenvalue weighted by atomic mass is 14.2. The van der Waals surface area contributed by atoms with Crippen molar-refractivity contribution in [2.24, 2.45) is 0 Å². The van der Waals surface area contributed by atoms with Crippen LogP contribution in [0.4, 0.5) is 0 Å². The van der Waals surface area contributed by atoms with Crippen molar-refractivity contribution in [1.29, 1.82) is 0 Å². The van der Waals surface area contributed by atoms with Crippen LogP contribution in [0.5, 0.6) is 0 Å². The predicted octanol–water partition coefficient (Wildman–Crippen LogP) is 11.3. The van der Waals surface area contributed by atoms with Crippen LogP contribution in [0.15, 0.2) is 157 Å². The third kappa shape index (κ3) is 3.54. The molecule has 0 radical (unpaired) electrons. The quantitative estimate of drug-likeness (QED) is 0.201. The molecule has 8 aromatic rings. The van der Waals surface area contributed by atoms with Crippen molar-refractivity contribution in [1.82, 2.24) is 0 Å². The van der Waals surface area contributed by atoms with Gasteiger partial charge < -0.3 is 0 Å². The summed E-state index contributed by atoms with van der Waals surface area (Å²) in [5, 5.41) is -1.84. The molecular formula is C40H26. The number of benzene rings is 8. The van der Waals surface area contributed by atoms with Crippen LogP contribution in [0.2, 0.25) is 0 Å². The average Bonchev–Trinajstić information content (AvgIpc) is 3.22. The summed E-state index contributed by atoms with van der Waals surface area (Å²) in [6.45, 7) is 0. The fourth-order valence-electron chi connectivity index (χ4n) is 5.18. The molecule has 8 rings (SSSR count). The van der Waals surface area contributed by atoms with Gasteiger partial charge in [-0.15, -0.1) is 0 Å². The van der Waals surface area contributed by atoms with Gasteiger partial charge in [0.25, 0.3) is 0 Å². The van der Waals surface area contributed by atoms with Crippen LogP contribution in [-0.4, -0.2) is 0 Å². The Morgan fingerprint density at radius 2 is 0.925 bits per heavy atom. The first-order valence-electron chi connectivity index (χ1n) is 21.8. The van der Waals surface area contributed by atoms with E-state index in [0.29, 0.717) is 10.8 Å². The van der Waals surface area contributed by atoms with Crippen molar-refractivity contribution >= 4 is 43.1 Å². The largest absolute Gasteiger partial charge is 0.0636 e. The van der Waals surface area contributed by atoms with Gasteiger partial charge in [0, 0.05) is 0 Å². The Morgan fingerprint density at radius 3 is 1.68 bits per heavy atom. The fraction of sp³-hybridized carbons (Fsp3) is 0. The van der Waals surface area contributed by atoms with Gasteiger partial charge in [0.2, 0.25) is 0 Å². The maximum Gasteiger partial charge on any atom is 0.0636 e. The fourth-order valence-corrected chi connectivity index (χ4v) is 5.18. The summed E-state index contributed by atoms with van der Waals surface area (Å²) in [5.74, 6) is 0. The van der Waals surface area contributed by atoms with Crippen molar-refractivity contribution in [2.45, 2.75) is 0 Å². The molecular weight excluding hydrogens is 480 g/mol. The zero-order valence-electron chi connectivity index (χ0n) is 39.5. The monoisotopic (exact) mass is 525 g/mol. The highest BCUT2D eigenvalue weighted by Gasteiger charge is 2.19. The van der Waals surface area contributed by atoms with E-state index in [4.69, 9.17) is 15.1 Å². The Bertz CT molecular complexity index is 3180. The molecule has 0 aliphatic heterocycles. The van der Waals surface area contributed by atoms with Crippen molar-refractivity contribution < 1.29 is 26.0 Å². The summed E-state index contributed by atoms with van der Waals surface area (Å²) in [4.78, 5) is 0. The SMILES string of the molecule is [2H]c1c([2H])c([2H])c(-c2c3c([2H])c([2H])c([2H])c([2H])c3c(-c3c([2H])c([2H])c4c([2H])c([2H])c([2H])c([2H])c4c3[2H])c3c([2H])c([2H])c([2H])c([2H])c23)c(-c2cccc3ccccc23)c1[2H]. The normalized spacial score (nSPS) is 18.1. The van der Waals surface area contributed by atoms with Crippen LogP contribution in [-0.2, 0) is 0 Å². The summed E-state index contributed by atoms with van der Waals surface area (Å²) < 4.78 is 170. The Balaban J connectivity index is 1.77. The van der Waals surface area contributed by atoms with Gasteiger partial charge in [0.15, 0.2) is 0 Å². The first kappa shape index (κ1) is 10.8. The highest BCUT2D eigenvalue weighted by molar-refractivity contribution is 6.23. The molecule has 0 fully saturated rings. The molecule has 0 nitrogen and oxygen atoms in total. The van der Waals surface area contributed by atoms with E-state index in [0.717, 1.165) is 0 Å². The Kier molecular flexibility index (Phi) is 2.48. The summed E-state index contributed by atoms with van der Waals surface area (Å²) in [6, 6.07) is -2.67. The zero-order chi connectivity index (χ0) is 43.0. The lowest BCUT2D eigenvalue weighted by Crippen LogP contribution is -1.93. The predicted molar refractivity (Wildman–Crippen MR) is 173 cm³/mol. The smallest absolute Gasteiger partial charge is 0.0616 e. The van der Waals surface area contributed by atoms with E-state index in [9.17, 15) is 11.0 Å². The van der Waals surface area contributed by atoms with Crippen molar-refractivity contribution in [3.05, 3.63) is 157 Å². The second-order valence-electron chi connectivity index (χ2n) is 9.03. The van der Waals surface area contributed by atoms with E-state index in [2.05, 4.69) is 0 Å². The molecule has 0 unspecified atom stereocenters. The molecule has 0 amide bonds. The van der Waals surface area contributed by atoms with Crippen LogP contribution in [0.3, 0.4) is 0 Å². The molecule has 0 spiro atoms. The van der Waals surface area contributed by atoms with E-state index in [1.807, 2.05) is 0 Å². The van der Waals surface area contributed by atoms with Crippen LogP contribution < -0.4 is 0 Å². The van der Waals surface area contributed by atoms with E-state index in [-0.39, 0.29) is 16.7 Å². The van der Waals surface area contributed by atoms with E-state index < -0.39 is 164 Å². The van der Waals surface area contributed by atoms with Gasteiger partial charge >= 0.3 is 0 Å². The minimum Gasteiger partial charge on any atom is -0.0616 e. The minimum absolute atomic E-state index is 0.152. The molecule has 0 aromatic heterocycles. The van der Waals surface area contributed by atoms with Crippen LogP contribution in [0.25, 0.3) is 76.5 Å². The lowest BCUT2D eigenvalue weighted by molar-refractivity contribution is 1.63. The summed E-state index contributed by atoms with van der Waals surface area (Å²) in [6.07, 6.45) is 0. The molecule has 0 atom stereocenters. The number of rotatable bonds is 3. The second kappa shape index (κ2) is 9.22. The summed E-state index contributed by atoms with van der Waals surface area (Å²) in [7, 11) is 0. The third-order valence-corrected chi connectivity index (χ3v) is 6.87. The van der Waals surface area contributed by atoms with Crippen molar-refractivity contribution in [3.63, 3.8) is 0 Å². The summed E-state index contributed by atoms with van der Waals surface area (Å²) >= 11 is 0. The van der Waals surface area contributed by atoms with Gasteiger partial charge in [0.1, 0.15) is 0 Å². The van der Waals surface area contributed by atoms with E-state index in [1.54, 1.807) is 42.5 Å². The number of hydrogen-bond donors (Lipinski definition) is 0. The van der Waals surface area contributed by atoms with Gasteiger partial charge in [-0.3, -0.25) is 0 Å². The Morgan fingerprint density at radius 1 is 0.350 bits per heavy atom. The molecule has 8 aromatic carbocycles. The van der Waals surface area contributed by atoms with Crippen LogP contribution in [0, 0.1) is 0 Å². The van der Waals surface area contributed by atoms with Gasteiger partial charge in [-0.2, -0.15) is 0 Å². The molecule has 0 aliphatic rings. The van der Waals surface area contributed by atoms with Gasteiger partial charge in [-0.1, -0.05) is 151 Å². The number of fused-ring (bicyclic) bond motifs is 4. The third-order valence-electron chi connectivity index (χ3n) is 6.87. The average molecular weight is 526 g/mol. The Labute approximate surface area is 260 Å². The lowest BCUT2D eigenvalue weighted by atomic mass is 9.83. The number of hydrogen-bond acceptors (Lipinski definition) is 0. The Hall–Kier alpha value is -5.20. The second-order valence-corrected chi connectivity index (χ2v) is 9.03. The molecule has 0 N–H and O–H groups in total. The molecule has 186 valence electrons. The first-order chi connectivity index (χ1) is 27.8.